The first-order valence-corrected chi connectivity index (χ1v) is 7.31. The molecule has 1 aliphatic rings. The van der Waals surface area contributed by atoms with E-state index in [2.05, 4.69) is 27.0 Å². The van der Waals surface area contributed by atoms with Crippen LogP contribution in [0.2, 0.25) is 0 Å². The lowest BCUT2D eigenvalue weighted by molar-refractivity contribution is 0.0736. The van der Waals surface area contributed by atoms with Crippen LogP contribution in [0.1, 0.15) is 20.8 Å². The molecule has 18 heavy (non-hydrogen) atoms. The summed E-state index contributed by atoms with van der Waals surface area (Å²) in [6.07, 6.45) is 4.24. The van der Waals surface area contributed by atoms with Gasteiger partial charge in [-0.05, 0) is 46.1 Å². The standard InChI is InChI=1S/C13H11BrN2OS/c14-12-6-9-3-5-16(8-11(9)18-12)13(17)10-2-1-4-15-7-10/h1-2,4,6-7H,3,5,8H2. The van der Waals surface area contributed by atoms with E-state index < -0.39 is 0 Å². The lowest BCUT2D eigenvalue weighted by atomic mass is 10.1. The van der Waals surface area contributed by atoms with Gasteiger partial charge in [0.2, 0.25) is 0 Å². The van der Waals surface area contributed by atoms with Crippen molar-refractivity contribution in [2.45, 2.75) is 13.0 Å². The lowest BCUT2D eigenvalue weighted by Crippen LogP contribution is -2.35. The number of hydrogen-bond donors (Lipinski definition) is 0. The molecule has 2 aromatic heterocycles. The summed E-state index contributed by atoms with van der Waals surface area (Å²) >= 11 is 5.21. The Morgan fingerprint density at radius 2 is 2.39 bits per heavy atom. The highest BCUT2D eigenvalue weighted by Gasteiger charge is 2.23. The summed E-state index contributed by atoms with van der Waals surface area (Å²) in [7, 11) is 0. The minimum absolute atomic E-state index is 0.0678. The van der Waals surface area contributed by atoms with E-state index >= 15 is 0 Å². The van der Waals surface area contributed by atoms with Crippen LogP contribution in [0.25, 0.3) is 0 Å². The summed E-state index contributed by atoms with van der Waals surface area (Å²) in [5, 5.41) is 0. The number of carbonyl (C=O) groups excluding carboxylic acids is 1. The van der Waals surface area contributed by atoms with E-state index in [0.717, 1.165) is 16.8 Å². The van der Waals surface area contributed by atoms with E-state index in [0.29, 0.717) is 12.1 Å². The molecule has 0 N–H and O–H groups in total. The van der Waals surface area contributed by atoms with Crippen LogP contribution < -0.4 is 0 Å². The Labute approximate surface area is 118 Å². The SMILES string of the molecule is O=C(c1cccnc1)N1CCc2cc(Br)sc2C1. The molecule has 0 aromatic carbocycles. The van der Waals surface area contributed by atoms with Crippen molar-refractivity contribution < 1.29 is 4.79 Å². The van der Waals surface area contributed by atoms with Gasteiger partial charge in [-0.25, -0.2) is 0 Å². The maximum Gasteiger partial charge on any atom is 0.255 e. The third-order valence-electron chi connectivity index (χ3n) is 3.05. The minimum atomic E-state index is 0.0678. The van der Waals surface area contributed by atoms with Crippen molar-refractivity contribution in [2.75, 3.05) is 6.54 Å². The van der Waals surface area contributed by atoms with Crippen LogP contribution in [-0.4, -0.2) is 22.3 Å². The second kappa shape index (κ2) is 4.82. The number of aromatic nitrogens is 1. The number of fused-ring (bicyclic) bond motifs is 1. The van der Waals surface area contributed by atoms with Gasteiger partial charge in [0.15, 0.2) is 0 Å². The molecule has 0 aliphatic carbocycles. The first-order chi connectivity index (χ1) is 8.74. The fourth-order valence-corrected chi connectivity index (χ4v) is 3.94. The number of carbonyl (C=O) groups is 1. The van der Waals surface area contributed by atoms with Crippen molar-refractivity contribution >= 4 is 33.2 Å². The van der Waals surface area contributed by atoms with E-state index in [9.17, 15) is 4.79 Å². The average Bonchev–Trinajstić information content (AvgIpc) is 2.78. The van der Waals surface area contributed by atoms with Gasteiger partial charge in [0, 0.05) is 23.8 Å². The summed E-state index contributed by atoms with van der Waals surface area (Å²) < 4.78 is 1.14. The van der Waals surface area contributed by atoms with E-state index in [4.69, 9.17) is 0 Å². The van der Waals surface area contributed by atoms with Gasteiger partial charge in [0.05, 0.1) is 15.9 Å². The smallest absolute Gasteiger partial charge is 0.255 e. The van der Waals surface area contributed by atoms with Crippen molar-refractivity contribution in [2.24, 2.45) is 0 Å². The zero-order valence-corrected chi connectivity index (χ0v) is 12.0. The van der Waals surface area contributed by atoms with Gasteiger partial charge >= 0.3 is 0 Å². The van der Waals surface area contributed by atoms with Crippen LogP contribution in [0.3, 0.4) is 0 Å². The molecule has 2 aromatic rings. The summed E-state index contributed by atoms with van der Waals surface area (Å²) in [4.78, 5) is 19.5. The molecule has 3 heterocycles. The van der Waals surface area contributed by atoms with Gasteiger partial charge in [-0.2, -0.15) is 0 Å². The largest absolute Gasteiger partial charge is 0.333 e. The number of thiophene rings is 1. The quantitative estimate of drug-likeness (QED) is 0.808. The summed E-state index contributed by atoms with van der Waals surface area (Å²) in [5.74, 6) is 0.0678. The topological polar surface area (TPSA) is 33.2 Å². The molecule has 0 saturated heterocycles. The molecule has 0 saturated carbocycles. The Morgan fingerprint density at radius 1 is 1.50 bits per heavy atom. The maximum absolute atomic E-state index is 12.3. The van der Waals surface area contributed by atoms with Crippen LogP contribution in [0.15, 0.2) is 34.4 Å². The average molecular weight is 323 g/mol. The first-order valence-electron chi connectivity index (χ1n) is 5.70. The molecule has 92 valence electrons. The molecule has 1 aliphatic heterocycles. The van der Waals surface area contributed by atoms with E-state index in [1.807, 2.05) is 11.0 Å². The number of nitrogens with zero attached hydrogens (tertiary/aromatic N) is 2. The molecule has 0 fully saturated rings. The van der Waals surface area contributed by atoms with Gasteiger partial charge in [0.25, 0.3) is 5.91 Å². The Balaban J connectivity index is 1.82. The molecule has 3 nitrogen and oxygen atoms in total. The van der Waals surface area contributed by atoms with E-state index in [-0.39, 0.29) is 5.91 Å². The normalized spacial score (nSPS) is 14.4. The maximum atomic E-state index is 12.3. The van der Waals surface area contributed by atoms with Crippen LogP contribution in [0.5, 0.6) is 0 Å². The molecule has 0 spiro atoms. The monoisotopic (exact) mass is 322 g/mol. The second-order valence-corrected chi connectivity index (χ2v) is 6.73. The third kappa shape index (κ3) is 2.20. The Kier molecular flexibility index (Phi) is 3.18. The first kappa shape index (κ1) is 11.9. The molecule has 0 bridgehead atoms. The van der Waals surface area contributed by atoms with Crippen LogP contribution in [0.4, 0.5) is 0 Å². The fourth-order valence-electron chi connectivity index (χ4n) is 2.13. The highest BCUT2D eigenvalue weighted by molar-refractivity contribution is 9.11. The molecular formula is C13H11BrN2OS. The Hall–Kier alpha value is -1.20. The van der Waals surface area contributed by atoms with Gasteiger partial charge in [-0.3, -0.25) is 9.78 Å². The van der Waals surface area contributed by atoms with Crippen LogP contribution in [-0.2, 0) is 13.0 Å². The predicted molar refractivity (Wildman–Crippen MR) is 74.7 cm³/mol. The van der Waals surface area contributed by atoms with E-state index in [1.54, 1.807) is 29.8 Å². The number of amides is 1. The molecule has 1 amide bonds. The molecular weight excluding hydrogens is 312 g/mol. The summed E-state index contributed by atoms with van der Waals surface area (Å²) in [5.41, 5.74) is 2.03. The van der Waals surface area contributed by atoms with Crippen LogP contribution in [0, 0.1) is 0 Å². The fraction of sp³-hybridized carbons (Fsp3) is 0.231. The van der Waals surface area contributed by atoms with Crippen molar-refractivity contribution in [1.82, 2.24) is 9.88 Å². The molecule has 0 atom stereocenters. The van der Waals surface area contributed by atoms with Gasteiger partial charge in [-0.1, -0.05) is 0 Å². The number of pyridine rings is 1. The van der Waals surface area contributed by atoms with Gasteiger partial charge < -0.3 is 4.90 Å². The lowest BCUT2D eigenvalue weighted by Gasteiger charge is -2.26. The predicted octanol–water partition coefficient (Wildman–Crippen LogP) is 3.10. The Bertz CT molecular complexity index is 582. The zero-order valence-electron chi connectivity index (χ0n) is 9.60. The van der Waals surface area contributed by atoms with Crippen molar-refractivity contribution in [1.29, 1.82) is 0 Å². The molecule has 3 rings (SSSR count). The molecule has 0 radical (unpaired) electrons. The number of hydrogen-bond acceptors (Lipinski definition) is 3. The summed E-state index contributed by atoms with van der Waals surface area (Å²) in [6.45, 7) is 1.49. The van der Waals surface area contributed by atoms with Crippen molar-refractivity contribution in [3.63, 3.8) is 0 Å². The number of halogens is 1. The molecule has 0 unspecified atom stereocenters. The van der Waals surface area contributed by atoms with Crippen molar-refractivity contribution in [3.8, 4) is 0 Å². The van der Waals surface area contributed by atoms with Crippen LogP contribution >= 0.6 is 27.3 Å². The van der Waals surface area contributed by atoms with Crippen molar-refractivity contribution in [3.05, 3.63) is 50.4 Å². The van der Waals surface area contributed by atoms with E-state index in [1.165, 1.54) is 10.4 Å². The second-order valence-electron chi connectivity index (χ2n) is 4.22. The third-order valence-corrected chi connectivity index (χ3v) is 4.71. The highest BCUT2D eigenvalue weighted by atomic mass is 79.9. The summed E-state index contributed by atoms with van der Waals surface area (Å²) in [6, 6.07) is 5.77. The minimum Gasteiger partial charge on any atom is -0.333 e. The Morgan fingerprint density at radius 3 is 3.17 bits per heavy atom. The zero-order chi connectivity index (χ0) is 12.5. The molecule has 5 heteroatoms. The number of rotatable bonds is 1. The van der Waals surface area contributed by atoms with Gasteiger partial charge in [-0.15, -0.1) is 11.3 Å². The highest BCUT2D eigenvalue weighted by Crippen LogP contribution is 2.31. The van der Waals surface area contributed by atoms with Gasteiger partial charge in [0.1, 0.15) is 0 Å².